The van der Waals surface area contributed by atoms with Crippen molar-refractivity contribution in [3.8, 4) is 0 Å². The minimum Gasteiger partial charge on any atom is -0.480 e. The van der Waals surface area contributed by atoms with Gasteiger partial charge in [-0.2, -0.15) is 0 Å². The number of carbonyl (C=O) groups is 2. The molecule has 0 spiro atoms. The van der Waals surface area contributed by atoms with Gasteiger partial charge in [0.05, 0.1) is 11.0 Å². The smallest absolute Gasteiger partial charge is 0.323 e. The van der Waals surface area contributed by atoms with Crippen molar-refractivity contribution in [1.82, 2.24) is 9.55 Å². The van der Waals surface area contributed by atoms with E-state index in [0.29, 0.717) is 11.6 Å². The van der Waals surface area contributed by atoms with Crippen molar-refractivity contribution >= 4 is 40.4 Å². The molecule has 0 atom stereocenters. The molecule has 6 nitrogen and oxygen atoms in total. The monoisotopic (exact) mass is 439 g/mol. The number of benzene rings is 2. The molecule has 164 valence electrons. The third kappa shape index (κ3) is 6.34. The first-order chi connectivity index (χ1) is 15.1. The van der Waals surface area contributed by atoms with Gasteiger partial charge in [0.15, 0.2) is 5.16 Å². The Morgan fingerprint density at radius 1 is 1.03 bits per heavy atom. The summed E-state index contributed by atoms with van der Waals surface area (Å²) >= 11 is 1.55. The molecule has 1 amide bonds. The summed E-state index contributed by atoms with van der Waals surface area (Å²) in [4.78, 5) is 30.6. The third-order valence-electron chi connectivity index (χ3n) is 5.03. The lowest BCUT2D eigenvalue weighted by atomic mass is 10.2. The number of unbranched alkanes of at least 4 members (excludes halogenated alkanes) is 2. The Kier molecular flexibility index (Phi) is 8.53. The number of carboxylic acids is 1. The minimum atomic E-state index is -0.885. The topological polar surface area (TPSA) is 75.4 Å². The summed E-state index contributed by atoms with van der Waals surface area (Å²) in [5, 5.41) is 9.96. The lowest BCUT2D eigenvalue weighted by Crippen LogP contribution is -2.31. The summed E-state index contributed by atoms with van der Waals surface area (Å²) in [5.41, 5.74) is 2.59. The van der Waals surface area contributed by atoms with E-state index in [-0.39, 0.29) is 12.5 Å². The lowest BCUT2D eigenvalue weighted by Gasteiger charge is -2.22. The van der Waals surface area contributed by atoms with E-state index in [4.69, 9.17) is 0 Å². The highest BCUT2D eigenvalue weighted by Gasteiger charge is 2.16. The number of anilines is 1. The van der Waals surface area contributed by atoms with Crippen LogP contribution in [0.25, 0.3) is 11.0 Å². The highest BCUT2D eigenvalue weighted by atomic mass is 32.2. The number of carboxylic acid groups (broad SMARTS) is 1. The van der Waals surface area contributed by atoms with Crippen LogP contribution in [0.2, 0.25) is 0 Å². The number of thioether (sulfide) groups is 1. The molecular formula is C24H29N3O3S. The SMILES string of the molecule is CCCCN(C(=O)CCCCSc1nc2ccccc2n1CC(=O)O)c1ccccc1. The molecule has 0 fully saturated rings. The molecule has 0 aliphatic heterocycles. The molecule has 1 aromatic heterocycles. The maximum Gasteiger partial charge on any atom is 0.323 e. The lowest BCUT2D eigenvalue weighted by molar-refractivity contribution is -0.137. The average Bonchev–Trinajstić information content (AvgIpc) is 3.11. The van der Waals surface area contributed by atoms with Crippen LogP contribution in [0.15, 0.2) is 59.8 Å². The number of nitrogens with zero attached hydrogens (tertiary/aromatic N) is 3. The van der Waals surface area contributed by atoms with Crippen LogP contribution in [0.1, 0.15) is 39.0 Å². The van der Waals surface area contributed by atoms with Gasteiger partial charge in [-0.15, -0.1) is 0 Å². The molecule has 0 saturated carbocycles. The molecule has 0 aliphatic carbocycles. The van der Waals surface area contributed by atoms with Crippen molar-refractivity contribution in [3.63, 3.8) is 0 Å². The number of imidazole rings is 1. The number of rotatable bonds is 12. The molecular weight excluding hydrogens is 410 g/mol. The molecule has 0 unspecified atom stereocenters. The van der Waals surface area contributed by atoms with E-state index in [9.17, 15) is 14.7 Å². The summed E-state index contributed by atoms with van der Waals surface area (Å²) in [5.74, 6) is 0.0581. The van der Waals surface area contributed by atoms with Crippen molar-refractivity contribution in [3.05, 3.63) is 54.6 Å². The van der Waals surface area contributed by atoms with Gasteiger partial charge in [-0.25, -0.2) is 4.98 Å². The van der Waals surface area contributed by atoms with E-state index < -0.39 is 5.97 Å². The second-order valence-electron chi connectivity index (χ2n) is 7.40. The van der Waals surface area contributed by atoms with Crippen LogP contribution in [0.3, 0.4) is 0 Å². The number of aromatic nitrogens is 2. The van der Waals surface area contributed by atoms with Gasteiger partial charge in [-0.3, -0.25) is 9.59 Å². The Labute approximate surface area is 187 Å². The zero-order chi connectivity index (χ0) is 22.1. The van der Waals surface area contributed by atoms with Gasteiger partial charge in [0.1, 0.15) is 6.54 Å². The van der Waals surface area contributed by atoms with Crippen molar-refractivity contribution in [2.75, 3.05) is 17.2 Å². The predicted molar refractivity (Wildman–Crippen MR) is 126 cm³/mol. The molecule has 3 aromatic rings. The van der Waals surface area contributed by atoms with Crippen LogP contribution in [0.4, 0.5) is 5.69 Å². The number of hydrogen-bond acceptors (Lipinski definition) is 4. The molecule has 1 N–H and O–H groups in total. The fourth-order valence-corrected chi connectivity index (χ4v) is 4.46. The van der Waals surface area contributed by atoms with Crippen LogP contribution in [-0.2, 0) is 16.1 Å². The summed E-state index contributed by atoms with van der Waals surface area (Å²) in [7, 11) is 0. The molecule has 7 heteroatoms. The number of amides is 1. The van der Waals surface area contributed by atoms with Crippen LogP contribution in [0.5, 0.6) is 0 Å². The fourth-order valence-electron chi connectivity index (χ4n) is 3.45. The van der Waals surface area contributed by atoms with E-state index in [0.717, 1.165) is 54.7 Å². The Bertz CT molecular complexity index is 1000. The largest absolute Gasteiger partial charge is 0.480 e. The van der Waals surface area contributed by atoms with Gasteiger partial charge >= 0.3 is 5.97 Å². The minimum absolute atomic E-state index is 0.106. The van der Waals surface area contributed by atoms with Gasteiger partial charge in [0, 0.05) is 24.4 Å². The van der Waals surface area contributed by atoms with Gasteiger partial charge in [-0.05, 0) is 43.5 Å². The molecule has 1 heterocycles. The second kappa shape index (κ2) is 11.6. The number of aliphatic carboxylic acids is 1. The normalized spacial score (nSPS) is 11.0. The summed E-state index contributed by atoms with van der Waals surface area (Å²) in [6.07, 6.45) is 4.19. The highest BCUT2D eigenvalue weighted by molar-refractivity contribution is 7.99. The third-order valence-corrected chi connectivity index (χ3v) is 6.10. The molecule has 2 aromatic carbocycles. The Morgan fingerprint density at radius 3 is 2.52 bits per heavy atom. The van der Waals surface area contributed by atoms with E-state index in [1.54, 1.807) is 16.3 Å². The Hall–Kier alpha value is -2.80. The molecule has 0 bridgehead atoms. The summed E-state index contributed by atoms with van der Waals surface area (Å²) < 4.78 is 1.75. The van der Waals surface area contributed by atoms with E-state index in [1.165, 1.54) is 0 Å². The molecule has 0 aliphatic rings. The predicted octanol–water partition coefficient (Wildman–Crippen LogP) is 5.22. The van der Waals surface area contributed by atoms with E-state index >= 15 is 0 Å². The van der Waals surface area contributed by atoms with Crippen LogP contribution >= 0.6 is 11.8 Å². The first kappa shape index (κ1) is 22.9. The van der Waals surface area contributed by atoms with Gasteiger partial charge in [0.25, 0.3) is 0 Å². The molecule has 0 radical (unpaired) electrons. The van der Waals surface area contributed by atoms with Gasteiger partial charge in [-0.1, -0.05) is 55.4 Å². The maximum absolute atomic E-state index is 12.8. The number of fused-ring (bicyclic) bond motifs is 1. The van der Waals surface area contributed by atoms with E-state index in [1.807, 2.05) is 59.5 Å². The second-order valence-corrected chi connectivity index (χ2v) is 8.47. The Balaban J connectivity index is 1.53. The number of hydrogen-bond donors (Lipinski definition) is 1. The van der Waals surface area contributed by atoms with Crippen LogP contribution in [-0.4, -0.2) is 38.8 Å². The van der Waals surface area contributed by atoms with Gasteiger partial charge in [0.2, 0.25) is 5.91 Å². The maximum atomic E-state index is 12.8. The fraction of sp³-hybridized carbons (Fsp3) is 0.375. The average molecular weight is 440 g/mol. The first-order valence-corrected chi connectivity index (χ1v) is 11.7. The zero-order valence-corrected chi connectivity index (χ0v) is 18.7. The quantitative estimate of drug-likeness (QED) is 0.309. The molecule has 0 saturated heterocycles. The van der Waals surface area contributed by atoms with E-state index in [2.05, 4.69) is 11.9 Å². The first-order valence-electron chi connectivity index (χ1n) is 10.8. The summed E-state index contributed by atoms with van der Waals surface area (Å²) in [6.45, 7) is 2.76. The zero-order valence-electron chi connectivity index (χ0n) is 17.9. The molecule has 31 heavy (non-hydrogen) atoms. The Morgan fingerprint density at radius 2 is 1.77 bits per heavy atom. The molecule has 3 rings (SSSR count). The van der Waals surface area contributed by atoms with Gasteiger partial charge < -0.3 is 14.6 Å². The van der Waals surface area contributed by atoms with Crippen LogP contribution in [0, 0.1) is 0 Å². The van der Waals surface area contributed by atoms with Crippen LogP contribution < -0.4 is 4.90 Å². The number of para-hydroxylation sites is 3. The highest BCUT2D eigenvalue weighted by Crippen LogP contribution is 2.25. The van der Waals surface area contributed by atoms with Crippen molar-refractivity contribution in [2.24, 2.45) is 0 Å². The van der Waals surface area contributed by atoms with Crippen molar-refractivity contribution in [2.45, 2.75) is 50.7 Å². The number of carbonyl (C=O) groups excluding carboxylic acids is 1. The van der Waals surface area contributed by atoms with Crippen molar-refractivity contribution < 1.29 is 14.7 Å². The summed E-state index contributed by atoms with van der Waals surface area (Å²) in [6, 6.07) is 17.4. The standard InChI is InChI=1S/C24H29N3O3S/c1-2-3-16-26(19-11-5-4-6-12-19)22(28)15-9-10-17-31-24-25-20-13-7-8-14-21(20)27(24)18-23(29)30/h4-8,11-14H,2-3,9-10,15-18H2,1H3,(H,29,30). The van der Waals surface area contributed by atoms with Crippen molar-refractivity contribution in [1.29, 1.82) is 0 Å².